The number of hydrogen-bond donors (Lipinski definition) is 0. The number of sulfonamides is 1. The molecule has 0 saturated heterocycles. The number of aryl methyl sites for hydroxylation is 2. The van der Waals surface area contributed by atoms with Crippen molar-refractivity contribution < 1.29 is 13.2 Å². The van der Waals surface area contributed by atoms with Crippen LogP contribution >= 0.6 is 0 Å². The molecule has 0 saturated carbocycles. The Balaban J connectivity index is 2.41. The summed E-state index contributed by atoms with van der Waals surface area (Å²) in [4.78, 5) is 24.8. The summed E-state index contributed by atoms with van der Waals surface area (Å²) >= 11 is 0. The molecule has 1 aromatic heterocycles. The highest BCUT2D eigenvalue weighted by molar-refractivity contribution is 7.89. The second kappa shape index (κ2) is 7.97. The van der Waals surface area contributed by atoms with Gasteiger partial charge in [0.1, 0.15) is 0 Å². The topological polar surface area (TPSA) is 76.5 Å². The SMILES string of the molecule is CCN(CC)S(=O)(=O)c1ccc(=O)n(CC(=O)c2cc(C)ccc2C)c1. The van der Waals surface area contributed by atoms with E-state index in [1.165, 1.54) is 22.6 Å². The summed E-state index contributed by atoms with van der Waals surface area (Å²) in [5, 5.41) is 0. The summed E-state index contributed by atoms with van der Waals surface area (Å²) < 4.78 is 27.7. The van der Waals surface area contributed by atoms with Gasteiger partial charge in [0.25, 0.3) is 5.56 Å². The van der Waals surface area contributed by atoms with Gasteiger partial charge in [0.15, 0.2) is 5.78 Å². The molecule has 0 fully saturated rings. The van der Waals surface area contributed by atoms with Crippen molar-refractivity contribution in [2.75, 3.05) is 13.1 Å². The van der Waals surface area contributed by atoms with Crippen molar-refractivity contribution in [1.82, 2.24) is 8.87 Å². The van der Waals surface area contributed by atoms with Gasteiger partial charge in [-0.05, 0) is 31.5 Å². The number of pyridine rings is 1. The fourth-order valence-electron chi connectivity index (χ4n) is 2.77. The van der Waals surface area contributed by atoms with E-state index in [4.69, 9.17) is 0 Å². The Hall–Kier alpha value is -2.25. The van der Waals surface area contributed by atoms with Crippen LogP contribution in [0, 0.1) is 13.8 Å². The summed E-state index contributed by atoms with van der Waals surface area (Å²) in [6.45, 7) is 7.68. The van der Waals surface area contributed by atoms with Crippen LogP contribution in [0.3, 0.4) is 0 Å². The number of Topliss-reactive ketones (excluding diaryl/α,β-unsaturated/α-hetero) is 1. The minimum atomic E-state index is -3.69. The predicted octanol–water partition coefficient (Wildman–Crippen LogP) is 2.38. The highest BCUT2D eigenvalue weighted by Crippen LogP contribution is 2.15. The summed E-state index contributed by atoms with van der Waals surface area (Å²) in [5.41, 5.74) is 1.89. The summed E-state index contributed by atoms with van der Waals surface area (Å²) in [6.07, 6.45) is 1.25. The standard InChI is InChI=1S/C19H24N2O4S/c1-5-21(6-2)26(24,25)16-9-10-19(23)20(12-16)13-18(22)17-11-14(3)7-8-15(17)4/h7-12H,5-6,13H2,1-4H3. The second-order valence-electron chi connectivity index (χ2n) is 6.16. The van der Waals surface area contributed by atoms with Gasteiger partial charge in [-0.15, -0.1) is 0 Å². The highest BCUT2D eigenvalue weighted by atomic mass is 32.2. The molecule has 1 aromatic carbocycles. The van der Waals surface area contributed by atoms with Gasteiger partial charge in [-0.1, -0.05) is 31.5 Å². The highest BCUT2D eigenvalue weighted by Gasteiger charge is 2.22. The first kappa shape index (κ1) is 20.1. The number of rotatable bonds is 7. The monoisotopic (exact) mass is 376 g/mol. The van der Waals surface area contributed by atoms with Gasteiger partial charge < -0.3 is 4.57 Å². The summed E-state index contributed by atoms with van der Waals surface area (Å²) in [6, 6.07) is 8.02. The van der Waals surface area contributed by atoms with Gasteiger partial charge in [0, 0.05) is 30.9 Å². The van der Waals surface area contributed by atoms with Crippen LogP contribution in [0.4, 0.5) is 0 Å². The van der Waals surface area contributed by atoms with E-state index >= 15 is 0 Å². The van der Waals surface area contributed by atoms with E-state index in [0.29, 0.717) is 18.7 Å². The number of ketones is 1. The fourth-order valence-corrected chi connectivity index (χ4v) is 4.25. The maximum Gasteiger partial charge on any atom is 0.251 e. The Kier molecular flexibility index (Phi) is 6.15. The zero-order chi connectivity index (χ0) is 19.5. The van der Waals surface area contributed by atoms with Crippen LogP contribution < -0.4 is 5.56 Å². The van der Waals surface area contributed by atoms with Crippen LogP contribution in [0.25, 0.3) is 0 Å². The van der Waals surface area contributed by atoms with Crippen molar-refractivity contribution in [3.8, 4) is 0 Å². The molecule has 6 nitrogen and oxygen atoms in total. The number of carbonyl (C=O) groups excluding carboxylic acids is 1. The lowest BCUT2D eigenvalue weighted by atomic mass is 10.0. The van der Waals surface area contributed by atoms with Gasteiger partial charge in [0.2, 0.25) is 10.0 Å². The van der Waals surface area contributed by atoms with E-state index in [0.717, 1.165) is 15.7 Å². The molecule has 7 heteroatoms. The van der Waals surface area contributed by atoms with E-state index < -0.39 is 15.6 Å². The molecule has 0 bridgehead atoms. The largest absolute Gasteiger partial charge is 0.306 e. The Morgan fingerprint density at radius 3 is 2.35 bits per heavy atom. The van der Waals surface area contributed by atoms with E-state index in [1.807, 2.05) is 26.0 Å². The zero-order valence-electron chi connectivity index (χ0n) is 15.5. The molecule has 1 heterocycles. The molecule has 2 rings (SSSR count). The summed E-state index contributed by atoms with van der Waals surface area (Å²) in [5.74, 6) is -0.231. The van der Waals surface area contributed by atoms with E-state index in [2.05, 4.69) is 0 Å². The molecule has 0 aliphatic carbocycles. The van der Waals surface area contributed by atoms with Gasteiger partial charge in [-0.2, -0.15) is 4.31 Å². The molecule has 0 aliphatic heterocycles. The average Bonchev–Trinajstić information content (AvgIpc) is 2.59. The molecule has 140 valence electrons. The van der Waals surface area contributed by atoms with Crippen LogP contribution in [0.15, 0.2) is 46.2 Å². The predicted molar refractivity (Wildman–Crippen MR) is 101 cm³/mol. The minimum Gasteiger partial charge on any atom is -0.306 e. The zero-order valence-corrected chi connectivity index (χ0v) is 16.3. The van der Waals surface area contributed by atoms with Crippen molar-refractivity contribution in [3.05, 3.63) is 63.6 Å². The molecule has 26 heavy (non-hydrogen) atoms. The first-order chi connectivity index (χ1) is 12.2. The van der Waals surface area contributed by atoms with Gasteiger partial charge in [-0.25, -0.2) is 8.42 Å². The lowest BCUT2D eigenvalue weighted by molar-refractivity contribution is 0.0970. The smallest absolute Gasteiger partial charge is 0.251 e. The lowest BCUT2D eigenvalue weighted by Gasteiger charge is -2.19. The van der Waals surface area contributed by atoms with Crippen molar-refractivity contribution in [3.63, 3.8) is 0 Å². The van der Waals surface area contributed by atoms with Crippen LogP contribution in [0.2, 0.25) is 0 Å². The number of aromatic nitrogens is 1. The van der Waals surface area contributed by atoms with Crippen LogP contribution in [-0.2, 0) is 16.6 Å². The van der Waals surface area contributed by atoms with Crippen molar-refractivity contribution in [2.45, 2.75) is 39.1 Å². The van der Waals surface area contributed by atoms with Crippen molar-refractivity contribution in [1.29, 1.82) is 0 Å². The number of hydrogen-bond acceptors (Lipinski definition) is 4. The molecule has 0 N–H and O–H groups in total. The molecule has 0 aliphatic rings. The van der Waals surface area contributed by atoms with Gasteiger partial charge >= 0.3 is 0 Å². The molecule has 0 amide bonds. The Bertz CT molecular complexity index is 973. The van der Waals surface area contributed by atoms with E-state index in [1.54, 1.807) is 19.9 Å². The minimum absolute atomic E-state index is 0.00886. The van der Waals surface area contributed by atoms with Crippen LogP contribution in [-0.4, -0.2) is 36.2 Å². The van der Waals surface area contributed by atoms with Gasteiger partial charge in [0.05, 0.1) is 11.4 Å². The number of benzene rings is 1. The maximum atomic E-state index is 12.6. The Morgan fingerprint density at radius 1 is 1.08 bits per heavy atom. The van der Waals surface area contributed by atoms with Gasteiger partial charge in [-0.3, -0.25) is 9.59 Å². The molecule has 0 atom stereocenters. The molecular weight excluding hydrogens is 352 g/mol. The summed E-state index contributed by atoms with van der Waals surface area (Å²) in [7, 11) is -3.69. The van der Waals surface area contributed by atoms with Crippen molar-refractivity contribution in [2.24, 2.45) is 0 Å². The average molecular weight is 376 g/mol. The molecule has 0 spiro atoms. The molecule has 2 aromatic rings. The first-order valence-corrected chi connectivity index (χ1v) is 9.95. The lowest BCUT2D eigenvalue weighted by Crippen LogP contribution is -2.32. The van der Waals surface area contributed by atoms with Crippen LogP contribution in [0.5, 0.6) is 0 Å². The normalized spacial score (nSPS) is 11.7. The number of carbonyl (C=O) groups is 1. The Labute approximate surface area is 154 Å². The molecule has 0 unspecified atom stereocenters. The molecular formula is C19H24N2O4S. The fraction of sp³-hybridized carbons (Fsp3) is 0.368. The third-order valence-electron chi connectivity index (χ3n) is 4.31. The van der Waals surface area contributed by atoms with E-state index in [-0.39, 0.29) is 17.2 Å². The van der Waals surface area contributed by atoms with Crippen LogP contribution in [0.1, 0.15) is 35.3 Å². The second-order valence-corrected chi connectivity index (χ2v) is 8.10. The third kappa shape index (κ3) is 4.11. The van der Waals surface area contributed by atoms with E-state index in [9.17, 15) is 18.0 Å². The quantitative estimate of drug-likeness (QED) is 0.695. The number of nitrogens with zero attached hydrogens (tertiary/aromatic N) is 2. The molecule has 0 radical (unpaired) electrons. The third-order valence-corrected chi connectivity index (χ3v) is 6.34. The first-order valence-electron chi connectivity index (χ1n) is 8.51. The Morgan fingerprint density at radius 2 is 1.73 bits per heavy atom. The maximum absolute atomic E-state index is 12.6. The van der Waals surface area contributed by atoms with Crippen molar-refractivity contribution >= 4 is 15.8 Å².